The molecule has 1 heterocycles. The summed E-state index contributed by atoms with van der Waals surface area (Å²) in [6, 6.07) is 14.1. The van der Waals surface area contributed by atoms with E-state index >= 15 is 0 Å². The van der Waals surface area contributed by atoms with Crippen molar-refractivity contribution in [1.82, 2.24) is 20.8 Å². The summed E-state index contributed by atoms with van der Waals surface area (Å²) in [5.74, 6) is 0.416. The van der Waals surface area contributed by atoms with Gasteiger partial charge in [0.15, 0.2) is 0 Å². The third kappa shape index (κ3) is 3.52. The van der Waals surface area contributed by atoms with Gasteiger partial charge in [0, 0.05) is 5.56 Å². The molecule has 24 heavy (non-hydrogen) atoms. The van der Waals surface area contributed by atoms with Crippen LogP contribution in [-0.2, 0) is 11.2 Å². The van der Waals surface area contributed by atoms with Crippen molar-refractivity contribution >= 4 is 22.8 Å². The highest BCUT2D eigenvalue weighted by molar-refractivity contribution is 5.95. The fourth-order valence-corrected chi connectivity index (χ4v) is 2.23. The van der Waals surface area contributed by atoms with Gasteiger partial charge in [0.2, 0.25) is 5.91 Å². The number of nitrogens with zero attached hydrogens (tertiary/aromatic N) is 1. The zero-order chi connectivity index (χ0) is 16.9. The van der Waals surface area contributed by atoms with Crippen LogP contribution in [0, 0.1) is 0 Å². The first-order valence-electron chi connectivity index (χ1n) is 7.32. The van der Waals surface area contributed by atoms with E-state index in [4.69, 9.17) is 4.74 Å². The first-order valence-corrected chi connectivity index (χ1v) is 7.32. The second-order valence-electron chi connectivity index (χ2n) is 5.11. The monoisotopic (exact) mass is 324 g/mol. The van der Waals surface area contributed by atoms with E-state index in [1.807, 2.05) is 24.3 Å². The fraction of sp³-hybridized carbons (Fsp3) is 0.118. The Bertz CT molecular complexity index is 838. The van der Waals surface area contributed by atoms with Crippen molar-refractivity contribution in [3.63, 3.8) is 0 Å². The number of aromatic amines is 1. The molecule has 122 valence electrons. The Labute approximate surface area is 138 Å². The van der Waals surface area contributed by atoms with Crippen molar-refractivity contribution in [2.45, 2.75) is 6.42 Å². The van der Waals surface area contributed by atoms with Gasteiger partial charge in [-0.25, -0.2) is 4.98 Å². The summed E-state index contributed by atoms with van der Waals surface area (Å²) >= 11 is 0. The number of aromatic nitrogens is 2. The molecule has 0 atom stereocenters. The molecule has 0 aliphatic heterocycles. The number of nitrogens with one attached hydrogen (secondary N) is 3. The predicted molar refractivity (Wildman–Crippen MR) is 88.4 cm³/mol. The van der Waals surface area contributed by atoms with Crippen molar-refractivity contribution in [3.8, 4) is 5.75 Å². The first-order chi connectivity index (χ1) is 11.7. The number of para-hydroxylation sites is 2. The number of imidazole rings is 1. The van der Waals surface area contributed by atoms with Gasteiger partial charge in [0.25, 0.3) is 5.91 Å². The average Bonchev–Trinajstić information content (AvgIpc) is 3.02. The molecule has 7 heteroatoms. The fourth-order valence-electron chi connectivity index (χ4n) is 2.23. The second-order valence-corrected chi connectivity index (χ2v) is 5.11. The van der Waals surface area contributed by atoms with Crippen LogP contribution in [0.3, 0.4) is 0 Å². The lowest BCUT2D eigenvalue weighted by atomic mass is 10.2. The van der Waals surface area contributed by atoms with Gasteiger partial charge in [-0.05, 0) is 36.4 Å². The Morgan fingerprint density at radius 3 is 2.54 bits per heavy atom. The molecule has 7 nitrogen and oxygen atoms in total. The Morgan fingerprint density at radius 1 is 1.08 bits per heavy atom. The number of H-pyrrole nitrogens is 1. The van der Waals surface area contributed by atoms with E-state index in [-0.39, 0.29) is 12.3 Å². The summed E-state index contributed by atoms with van der Waals surface area (Å²) in [7, 11) is 1.55. The minimum absolute atomic E-state index is 0.0393. The van der Waals surface area contributed by atoms with Gasteiger partial charge in [-0.2, -0.15) is 0 Å². The number of carbonyl (C=O) groups is 2. The highest BCUT2D eigenvalue weighted by atomic mass is 16.5. The molecule has 0 bridgehead atoms. The third-order valence-electron chi connectivity index (χ3n) is 3.43. The van der Waals surface area contributed by atoms with Gasteiger partial charge in [0.05, 0.1) is 24.6 Å². The van der Waals surface area contributed by atoms with Crippen LogP contribution in [0.4, 0.5) is 0 Å². The largest absolute Gasteiger partial charge is 0.497 e. The standard InChI is InChI=1S/C17H16N4O3/c1-24-12-8-6-11(7-9-12)17(23)21-20-16(22)10-15-18-13-4-2-3-5-14(13)19-15/h2-9H,10H2,1H3,(H,18,19)(H,20,22)(H,21,23). The number of hydrogen-bond acceptors (Lipinski definition) is 4. The van der Waals surface area contributed by atoms with E-state index in [9.17, 15) is 9.59 Å². The van der Waals surface area contributed by atoms with Crippen LogP contribution in [0.15, 0.2) is 48.5 Å². The Kier molecular flexibility index (Phi) is 4.42. The molecule has 0 spiro atoms. The van der Waals surface area contributed by atoms with Gasteiger partial charge in [-0.15, -0.1) is 0 Å². The molecule has 3 N–H and O–H groups in total. The molecule has 2 aromatic carbocycles. The molecule has 1 aromatic heterocycles. The van der Waals surface area contributed by atoms with Crippen molar-refractivity contribution < 1.29 is 14.3 Å². The normalized spacial score (nSPS) is 10.4. The van der Waals surface area contributed by atoms with Crippen LogP contribution in [-0.4, -0.2) is 28.9 Å². The number of hydrogen-bond donors (Lipinski definition) is 3. The van der Waals surface area contributed by atoms with E-state index in [0.717, 1.165) is 11.0 Å². The first kappa shape index (κ1) is 15.5. The maximum atomic E-state index is 12.0. The van der Waals surface area contributed by atoms with E-state index in [2.05, 4.69) is 20.8 Å². The number of carbonyl (C=O) groups excluding carboxylic acids is 2. The maximum absolute atomic E-state index is 12.0. The predicted octanol–water partition coefficient (Wildman–Crippen LogP) is 1.58. The lowest BCUT2D eigenvalue weighted by molar-refractivity contribution is -0.121. The molecule has 0 aliphatic rings. The molecular formula is C17H16N4O3. The van der Waals surface area contributed by atoms with Gasteiger partial charge in [0.1, 0.15) is 11.6 Å². The van der Waals surface area contributed by atoms with Gasteiger partial charge < -0.3 is 9.72 Å². The Hall–Kier alpha value is -3.35. The summed E-state index contributed by atoms with van der Waals surface area (Å²) in [5, 5.41) is 0. The summed E-state index contributed by atoms with van der Waals surface area (Å²) in [6.45, 7) is 0. The van der Waals surface area contributed by atoms with Crippen LogP contribution >= 0.6 is 0 Å². The minimum Gasteiger partial charge on any atom is -0.497 e. The van der Waals surface area contributed by atoms with Gasteiger partial charge in [-0.3, -0.25) is 20.4 Å². The van der Waals surface area contributed by atoms with Crippen LogP contribution < -0.4 is 15.6 Å². The summed E-state index contributed by atoms with van der Waals surface area (Å²) in [4.78, 5) is 31.2. The number of amides is 2. The molecular weight excluding hydrogens is 308 g/mol. The van der Waals surface area contributed by atoms with Crippen LogP contribution in [0.2, 0.25) is 0 Å². The topological polar surface area (TPSA) is 96.1 Å². The minimum atomic E-state index is -0.407. The molecule has 0 saturated carbocycles. The van der Waals surface area contributed by atoms with Crippen LogP contribution in [0.5, 0.6) is 5.75 Å². The molecule has 3 aromatic rings. The number of fused-ring (bicyclic) bond motifs is 1. The highest BCUT2D eigenvalue weighted by Crippen LogP contribution is 2.11. The number of methoxy groups -OCH3 is 1. The smallest absolute Gasteiger partial charge is 0.269 e. The van der Waals surface area contributed by atoms with Gasteiger partial charge in [-0.1, -0.05) is 12.1 Å². The Morgan fingerprint density at radius 2 is 1.83 bits per heavy atom. The molecule has 2 amide bonds. The second kappa shape index (κ2) is 6.82. The number of benzene rings is 2. The summed E-state index contributed by atoms with van der Waals surface area (Å²) in [5.41, 5.74) is 6.82. The number of ether oxygens (including phenoxy) is 1. The van der Waals surface area contributed by atoms with Gasteiger partial charge >= 0.3 is 0 Å². The summed E-state index contributed by atoms with van der Waals surface area (Å²) in [6.07, 6.45) is 0.0393. The van der Waals surface area contributed by atoms with E-state index in [0.29, 0.717) is 17.1 Å². The Balaban J connectivity index is 1.55. The zero-order valence-electron chi connectivity index (χ0n) is 13.0. The quantitative estimate of drug-likeness (QED) is 0.635. The molecule has 3 rings (SSSR count). The average molecular weight is 324 g/mol. The van der Waals surface area contributed by atoms with Crippen molar-refractivity contribution in [3.05, 3.63) is 59.9 Å². The van der Waals surface area contributed by atoms with E-state index < -0.39 is 5.91 Å². The molecule has 0 aliphatic carbocycles. The zero-order valence-corrected chi connectivity index (χ0v) is 13.0. The van der Waals surface area contributed by atoms with Crippen molar-refractivity contribution in [1.29, 1.82) is 0 Å². The maximum Gasteiger partial charge on any atom is 0.269 e. The number of rotatable bonds is 4. The molecule has 0 saturated heterocycles. The highest BCUT2D eigenvalue weighted by Gasteiger charge is 2.10. The molecule has 0 fully saturated rings. The van der Waals surface area contributed by atoms with E-state index in [1.54, 1.807) is 31.4 Å². The number of hydrazine groups is 1. The van der Waals surface area contributed by atoms with Crippen LogP contribution in [0.1, 0.15) is 16.2 Å². The van der Waals surface area contributed by atoms with E-state index in [1.165, 1.54) is 0 Å². The summed E-state index contributed by atoms with van der Waals surface area (Å²) < 4.78 is 5.03. The van der Waals surface area contributed by atoms with Crippen LogP contribution in [0.25, 0.3) is 11.0 Å². The SMILES string of the molecule is COc1ccc(C(=O)NNC(=O)Cc2nc3ccccc3[nH]2)cc1. The molecule has 0 radical (unpaired) electrons. The van der Waals surface area contributed by atoms with Crippen molar-refractivity contribution in [2.75, 3.05) is 7.11 Å². The lowest BCUT2D eigenvalue weighted by Crippen LogP contribution is -2.42. The lowest BCUT2D eigenvalue weighted by Gasteiger charge is -2.07. The van der Waals surface area contributed by atoms with Crippen molar-refractivity contribution in [2.24, 2.45) is 0 Å². The molecule has 0 unspecified atom stereocenters. The third-order valence-corrected chi connectivity index (χ3v) is 3.43.